The monoisotopic (exact) mass is 478 g/mol. The van der Waals surface area contributed by atoms with E-state index in [0.717, 1.165) is 40.9 Å². The summed E-state index contributed by atoms with van der Waals surface area (Å²) in [5.74, 6) is 0.300. The number of sulfonamides is 1. The number of nitrogens with two attached hydrogens (primary N) is 1. The molecule has 2 heterocycles. The molecular weight excluding hydrogens is 456 g/mol. The molecule has 33 heavy (non-hydrogen) atoms. The van der Waals surface area contributed by atoms with Crippen LogP contribution in [0.4, 0.5) is 0 Å². The summed E-state index contributed by atoms with van der Waals surface area (Å²) in [6, 6.07) is 16.6. The number of carbonyl (C=O) groups is 1. The smallest absolute Gasteiger partial charge is 0.238 e. The lowest BCUT2D eigenvalue weighted by atomic mass is 9.97. The van der Waals surface area contributed by atoms with Crippen LogP contribution < -0.4 is 5.14 Å². The summed E-state index contributed by atoms with van der Waals surface area (Å²) < 4.78 is 25.2. The predicted molar refractivity (Wildman–Crippen MR) is 127 cm³/mol. The Bertz CT molecular complexity index is 1430. The van der Waals surface area contributed by atoms with Gasteiger partial charge in [0.2, 0.25) is 15.2 Å². The number of nitrogens with zero attached hydrogens (tertiary/aromatic N) is 3. The van der Waals surface area contributed by atoms with Gasteiger partial charge in [-0.15, -0.1) is 11.3 Å². The molecule has 1 saturated carbocycles. The van der Waals surface area contributed by atoms with Gasteiger partial charge >= 0.3 is 0 Å². The summed E-state index contributed by atoms with van der Waals surface area (Å²) >= 11 is 1.41. The standard InChI is InChI=1S/C24H22N4O3S2/c1-15(29)21-14-32-24(26-21)28-23(18-9-10-18)20(22(27-28)17-5-3-2-4-6-17)13-16-7-11-19(12-8-16)33(25,30)31/h2-8,11-12,14,18H,9-10,13H2,1H3,(H2,25,30,31). The van der Waals surface area contributed by atoms with Gasteiger partial charge in [-0.2, -0.15) is 5.10 Å². The molecule has 1 fully saturated rings. The lowest BCUT2D eigenvalue weighted by Gasteiger charge is -2.08. The van der Waals surface area contributed by atoms with E-state index in [2.05, 4.69) is 4.98 Å². The number of rotatable bonds is 7. The fourth-order valence-corrected chi connectivity index (χ4v) is 5.25. The first-order valence-electron chi connectivity index (χ1n) is 10.6. The van der Waals surface area contributed by atoms with Crippen LogP contribution in [0.15, 0.2) is 64.9 Å². The van der Waals surface area contributed by atoms with Crippen molar-refractivity contribution in [1.29, 1.82) is 0 Å². The molecule has 168 valence electrons. The highest BCUT2D eigenvalue weighted by Crippen LogP contribution is 2.45. The van der Waals surface area contributed by atoms with E-state index in [0.29, 0.717) is 23.2 Å². The molecule has 0 unspecified atom stereocenters. The number of aromatic nitrogens is 3. The maximum absolute atomic E-state index is 11.8. The Kier molecular flexibility index (Phi) is 5.48. The summed E-state index contributed by atoms with van der Waals surface area (Å²) in [6.45, 7) is 1.51. The highest BCUT2D eigenvalue weighted by molar-refractivity contribution is 7.89. The van der Waals surface area contributed by atoms with Gasteiger partial charge in [-0.05, 0) is 30.5 Å². The lowest BCUT2D eigenvalue weighted by molar-refractivity contribution is 0.101. The van der Waals surface area contributed by atoms with E-state index in [-0.39, 0.29) is 10.7 Å². The molecule has 0 bridgehead atoms. The van der Waals surface area contributed by atoms with Crippen molar-refractivity contribution in [3.05, 3.63) is 82.5 Å². The van der Waals surface area contributed by atoms with Crippen LogP contribution in [-0.2, 0) is 16.4 Å². The van der Waals surface area contributed by atoms with Crippen molar-refractivity contribution in [2.24, 2.45) is 5.14 Å². The largest absolute Gasteiger partial charge is 0.293 e. The van der Waals surface area contributed by atoms with E-state index in [1.165, 1.54) is 30.4 Å². The van der Waals surface area contributed by atoms with Crippen LogP contribution >= 0.6 is 11.3 Å². The molecule has 0 aliphatic heterocycles. The number of primary sulfonamides is 1. The molecule has 4 aromatic rings. The normalized spacial score (nSPS) is 13.9. The van der Waals surface area contributed by atoms with Crippen molar-refractivity contribution in [2.45, 2.75) is 37.0 Å². The molecule has 0 radical (unpaired) electrons. The predicted octanol–water partition coefficient (Wildman–Crippen LogP) is 4.31. The zero-order chi connectivity index (χ0) is 23.2. The van der Waals surface area contributed by atoms with Gasteiger partial charge in [-0.1, -0.05) is 42.5 Å². The Balaban J connectivity index is 1.65. The fourth-order valence-electron chi connectivity index (χ4n) is 3.91. The van der Waals surface area contributed by atoms with Gasteiger partial charge in [-0.3, -0.25) is 4.79 Å². The van der Waals surface area contributed by atoms with Crippen LogP contribution in [0.25, 0.3) is 16.4 Å². The molecule has 0 amide bonds. The van der Waals surface area contributed by atoms with Crippen molar-refractivity contribution >= 4 is 27.1 Å². The molecule has 2 N–H and O–H groups in total. The van der Waals surface area contributed by atoms with Gasteiger partial charge in [-0.25, -0.2) is 23.2 Å². The molecule has 7 nitrogen and oxygen atoms in total. The van der Waals surface area contributed by atoms with E-state index < -0.39 is 10.0 Å². The fraction of sp³-hybridized carbons (Fsp3) is 0.208. The SMILES string of the molecule is CC(=O)c1csc(-n2nc(-c3ccccc3)c(Cc3ccc(S(N)(=O)=O)cc3)c2C2CC2)n1. The van der Waals surface area contributed by atoms with Crippen LogP contribution in [0, 0.1) is 0 Å². The first kappa shape index (κ1) is 21.7. The van der Waals surface area contributed by atoms with Crippen molar-refractivity contribution < 1.29 is 13.2 Å². The Morgan fingerprint density at radius 3 is 2.39 bits per heavy atom. The van der Waals surface area contributed by atoms with Gasteiger partial charge in [0, 0.05) is 35.8 Å². The van der Waals surface area contributed by atoms with Crippen molar-refractivity contribution in [2.75, 3.05) is 0 Å². The van der Waals surface area contributed by atoms with E-state index in [4.69, 9.17) is 10.2 Å². The second kappa shape index (κ2) is 8.33. The third-order valence-electron chi connectivity index (χ3n) is 5.70. The third-order valence-corrected chi connectivity index (χ3v) is 7.45. The van der Waals surface area contributed by atoms with Crippen LogP contribution in [0.3, 0.4) is 0 Å². The van der Waals surface area contributed by atoms with E-state index >= 15 is 0 Å². The zero-order valence-corrected chi connectivity index (χ0v) is 19.6. The van der Waals surface area contributed by atoms with Crippen LogP contribution in [0.5, 0.6) is 0 Å². The first-order chi connectivity index (χ1) is 15.8. The maximum Gasteiger partial charge on any atom is 0.238 e. The first-order valence-corrected chi connectivity index (χ1v) is 13.0. The molecule has 2 aromatic heterocycles. The minimum Gasteiger partial charge on any atom is -0.293 e. The maximum atomic E-state index is 11.8. The minimum atomic E-state index is -3.74. The number of hydrogen-bond acceptors (Lipinski definition) is 6. The van der Waals surface area contributed by atoms with Crippen molar-refractivity contribution in [1.82, 2.24) is 14.8 Å². The molecule has 0 atom stereocenters. The minimum absolute atomic E-state index is 0.0731. The van der Waals surface area contributed by atoms with Crippen LogP contribution in [0.2, 0.25) is 0 Å². The Morgan fingerprint density at radius 1 is 1.12 bits per heavy atom. The highest BCUT2D eigenvalue weighted by Gasteiger charge is 2.34. The van der Waals surface area contributed by atoms with E-state index in [9.17, 15) is 13.2 Å². The second-order valence-electron chi connectivity index (χ2n) is 8.20. The molecule has 1 aliphatic carbocycles. The quantitative estimate of drug-likeness (QED) is 0.398. The lowest BCUT2D eigenvalue weighted by Crippen LogP contribution is -2.11. The van der Waals surface area contributed by atoms with E-state index in [1.807, 2.05) is 35.0 Å². The molecule has 0 spiro atoms. The molecular formula is C24H22N4O3S2. The number of benzene rings is 2. The average Bonchev–Trinajstić information content (AvgIpc) is 3.37. The van der Waals surface area contributed by atoms with Crippen LogP contribution in [-0.4, -0.2) is 29.0 Å². The van der Waals surface area contributed by atoms with Crippen LogP contribution in [0.1, 0.15) is 53.0 Å². The third kappa shape index (κ3) is 4.39. The van der Waals surface area contributed by atoms with Gasteiger partial charge in [0.05, 0.1) is 16.3 Å². The van der Waals surface area contributed by atoms with E-state index in [1.54, 1.807) is 17.5 Å². The highest BCUT2D eigenvalue weighted by atomic mass is 32.2. The molecule has 0 saturated heterocycles. The summed E-state index contributed by atoms with van der Waals surface area (Å²) in [6.07, 6.45) is 2.73. The zero-order valence-electron chi connectivity index (χ0n) is 17.9. The number of hydrogen-bond donors (Lipinski definition) is 1. The number of Topliss-reactive ketones (excluding diaryl/α,β-unsaturated/α-hetero) is 1. The second-order valence-corrected chi connectivity index (χ2v) is 10.6. The average molecular weight is 479 g/mol. The number of thiazole rings is 1. The summed E-state index contributed by atoms with van der Waals surface area (Å²) in [5.41, 5.74) is 5.46. The Labute approximate surface area is 196 Å². The topological polar surface area (TPSA) is 108 Å². The summed E-state index contributed by atoms with van der Waals surface area (Å²) in [7, 11) is -3.74. The Hall–Kier alpha value is -3.14. The number of ketones is 1. The van der Waals surface area contributed by atoms with Gasteiger partial charge < -0.3 is 0 Å². The van der Waals surface area contributed by atoms with Crippen molar-refractivity contribution in [3.8, 4) is 16.4 Å². The van der Waals surface area contributed by atoms with Gasteiger partial charge in [0.15, 0.2) is 5.78 Å². The molecule has 9 heteroatoms. The number of carbonyl (C=O) groups excluding carboxylic acids is 1. The van der Waals surface area contributed by atoms with Gasteiger partial charge in [0.1, 0.15) is 5.69 Å². The summed E-state index contributed by atoms with van der Waals surface area (Å²) in [4.78, 5) is 16.4. The van der Waals surface area contributed by atoms with Crippen molar-refractivity contribution in [3.63, 3.8) is 0 Å². The molecule has 5 rings (SSSR count). The molecule has 2 aromatic carbocycles. The summed E-state index contributed by atoms with van der Waals surface area (Å²) in [5, 5.41) is 12.7. The Morgan fingerprint density at radius 2 is 1.82 bits per heavy atom. The van der Waals surface area contributed by atoms with Gasteiger partial charge in [0.25, 0.3) is 0 Å². The molecule has 1 aliphatic rings.